The van der Waals surface area contributed by atoms with Crippen LogP contribution in [-0.2, 0) is 0 Å². The molecule has 0 aliphatic rings. The predicted molar refractivity (Wildman–Crippen MR) is 60.1 cm³/mol. The van der Waals surface area contributed by atoms with Gasteiger partial charge in [0.2, 0.25) is 0 Å². The van der Waals surface area contributed by atoms with E-state index >= 15 is 0 Å². The number of rotatable bonds is 5. The maximum atomic E-state index is 4.31. The summed E-state index contributed by atoms with van der Waals surface area (Å²) in [5.41, 5.74) is 1.12. The van der Waals surface area contributed by atoms with Crippen molar-refractivity contribution in [2.24, 2.45) is 5.92 Å². The lowest BCUT2D eigenvalue weighted by Gasteiger charge is -2.13. The standard InChI is InChI=1S/C12H20N2/c1-10(2)7-9-13-11(3)12-6-4-5-8-14-12/h4-6,8,10-11,13H,7,9H2,1-3H3/t11-/m1/s1. The topological polar surface area (TPSA) is 24.9 Å². The molecule has 0 saturated carbocycles. The van der Waals surface area contributed by atoms with E-state index in [9.17, 15) is 0 Å². The highest BCUT2D eigenvalue weighted by Gasteiger charge is 2.04. The van der Waals surface area contributed by atoms with Gasteiger partial charge >= 0.3 is 0 Å². The molecule has 0 fully saturated rings. The number of hydrogen-bond acceptors (Lipinski definition) is 2. The van der Waals surface area contributed by atoms with Crippen LogP contribution in [0.15, 0.2) is 24.4 Å². The van der Waals surface area contributed by atoms with E-state index < -0.39 is 0 Å². The molecule has 0 aliphatic carbocycles. The zero-order valence-electron chi connectivity index (χ0n) is 9.33. The van der Waals surface area contributed by atoms with Crippen LogP contribution in [0.1, 0.15) is 38.9 Å². The van der Waals surface area contributed by atoms with Crippen LogP contribution in [0.4, 0.5) is 0 Å². The zero-order valence-corrected chi connectivity index (χ0v) is 9.33. The highest BCUT2D eigenvalue weighted by atomic mass is 14.9. The van der Waals surface area contributed by atoms with Crippen molar-refractivity contribution in [3.05, 3.63) is 30.1 Å². The van der Waals surface area contributed by atoms with Gasteiger partial charge in [-0.15, -0.1) is 0 Å². The summed E-state index contributed by atoms with van der Waals surface area (Å²) in [4.78, 5) is 4.31. The molecule has 1 atom stereocenters. The van der Waals surface area contributed by atoms with Gasteiger partial charge in [-0.1, -0.05) is 19.9 Å². The third-order valence-corrected chi connectivity index (χ3v) is 2.30. The number of aromatic nitrogens is 1. The maximum absolute atomic E-state index is 4.31. The monoisotopic (exact) mass is 192 g/mol. The third-order valence-electron chi connectivity index (χ3n) is 2.30. The fourth-order valence-electron chi connectivity index (χ4n) is 1.33. The van der Waals surface area contributed by atoms with Crippen molar-refractivity contribution in [2.45, 2.75) is 33.2 Å². The highest BCUT2D eigenvalue weighted by molar-refractivity contribution is 5.07. The molecular weight excluding hydrogens is 172 g/mol. The van der Waals surface area contributed by atoms with Gasteiger partial charge < -0.3 is 5.32 Å². The molecule has 1 aromatic rings. The normalized spacial score (nSPS) is 13.1. The first-order valence-corrected chi connectivity index (χ1v) is 5.34. The van der Waals surface area contributed by atoms with Crippen molar-refractivity contribution in [1.29, 1.82) is 0 Å². The molecule has 1 heterocycles. The van der Waals surface area contributed by atoms with Crippen LogP contribution in [0.5, 0.6) is 0 Å². The van der Waals surface area contributed by atoms with Crippen molar-refractivity contribution in [3.63, 3.8) is 0 Å². The molecule has 0 amide bonds. The van der Waals surface area contributed by atoms with Crippen LogP contribution in [0.25, 0.3) is 0 Å². The van der Waals surface area contributed by atoms with E-state index in [4.69, 9.17) is 0 Å². The second kappa shape index (κ2) is 5.76. The SMILES string of the molecule is CC(C)CCN[C@H](C)c1ccccn1. The van der Waals surface area contributed by atoms with Crippen LogP contribution < -0.4 is 5.32 Å². The molecule has 0 radical (unpaired) electrons. The lowest BCUT2D eigenvalue weighted by molar-refractivity contribution is 0.492. The Hall–Kier alpha value is -0.890. The van der Waals surface area contributed by atoms with Gasteiger partial charge in [0.05, 0.1) is 5.69 Å². The van der Waals surface area contributed by atoms with Crippen LogP contribution in [0.2, 0.25) is 0 Å². The van der Waals surface area contributed by atoms with Crippen LogP contribution >= 0.6 is 0 Å². The van der Waals surface area contributed by atoms with Crippen LogP contribution in [-0.4, -0.2) is 11.5 Å². The smallest absolute Gasteiger partial charge is 0.0570 e. The molecule has 0 unspecified atom stereocenters. The molecule has 1 aromatic heterocycles. The number of pyridine rings is 1. The summed E-state index contributed by atoms with van der Waals surface area (Å²) in [6.45, 7) is 7.71. The van der Waals surface area contributed by atoms with E-state index in [1.54, 1.807) is 0 Å². The molecule has 1 rings (SSSR count). The van der Waals surface area contributed by atoms with E-state index in [2.05, 4.69) is 37.1 Å². The van der Waals surface area contributed by atoms with Crippen molar-refractivity contribution in [3.8, 4) is 0 Å². The van der Waals surface area contributed by atoms with Crippen LogP contribution in [0, 0.1) is 5.92 Å². The molecule has 0 bridgehead atoms. The summed E-state index contributed by atoms with van der Waals surface area (Å²) in [5, 5.41) is 3.47. The zero-order chi connectivity index (χ0) is 10.4. The lowest BCUT2D eigenvalue weighted by Crippen LogP contribution is -2.21. The van der Waals surface area contributed by atoms with Crippen molar-refractivity contribution in [2.75, 3.05) is 6.54 Å². The molecule has 78 valence electrons. The van der Waals surface area contributed by atoms with E-state index in [1.807, 2.05) is 18.3 Å². The lowest BCUT2D eigenvalue weighted by atomic mass is 10.1. The Balaban J connectivity index is 2.32. The van der Waals surface area contributed by atoms with Crippen LogP contribution in [0.3, 0.4) is 0 Å². The Kier molecular flexibility index (Phi) is 4.60. The molecule has 0 spiro atoms. The Morgan fingerprint density at radius 1 is 1.29 bits per heavy atom. The minimum absolute atomic E-state index is 0.356. The summed E-state index contributed by atoms with van der Waals surface area (Å²) in [7, 11) is 0. The van der Waals surface area contributed by atoms with E-state index in [0.29, 0.717) is 6.04 Å². The number of nitrogens with one attached hydrogen (secondary N) is 1. The largest absolute Gasteiger partial charge is 0.309 e. The van der Waals surface area contributed by atoms with E-state index in [1.165, 1.54) is 6.42 Å². The maximum Gasteiger partial charge on any atom is 0.0570 e. The first-order valence-electron chi connectivity index (χ1n) is 5.34. The minimum atomic E-state index is 0.356. The van der Waals surface area contributed by atoms with Crippen molar-refractivity contribution >= 4 is 0 Å². The fraction of sp³-hybridized carbons (Fsp3) is 0.583. The average molecular weight is 192 g/mol. The van der Waals surface area contributed by atoms with Crippen molar-refractivity contribution < 1.29 is 0 Å². The first-order chi connectivity index (χ1) is 6.70. The van der Waals surface area contributed by atoms with E-state index in [0.717, 1.165) is 18.2 Å². The third kappa shape index (κ3) is 3.88. The molecule has 0 aromatic carbocycles. The molecule has 1 N–H and O–H groups in total. The Morgan fingerprint density at radius 2 is 2.07 bits per heavy atom. The second-order valence-corrected chi connectivity index (χ2v) is 4.11. The molecule has 0 saturated heterocycles. The molecule has 14 heavy (non-hydrogen) atoms. The summed E-state index contributed by atoms with van der Waals surface area (Å²) in [6, 6.07) is 6.40. The quantitative estimate of drug-likeness (QED) is 0.776. The van der Waals surface area contributed by atoms with Gasteiger partial charge in [-0.05, 0) is 37.9 Å². The van der Waals surface area contributed by atoms with Gasteiger partial charge in [0.15, 0.2) is 0 Å². The molecule has 0 aliphatic heterocycles. The Morgan fingerprint density at radius 3 is 2.64 bits per heavy atom. The summed E-state index contributed by atoms with van der Waals surface area (Å²) in [6.07, 6.45) is 3.06. The fourth-order valence-corrected chi connectivity index (χ4v) is 1.33. The predicted octanol–water partition coefficient (Wildman–Crippen LogP) is 2.78. The first kappa shape index (κ1) is 11.2. The van der Waals surface area contributed by atoms with Gasteiger partial charge in [0, 0.05) is 12.2 Å². The van der Waals surface area contributed by atoms with Gasteiger partial charge in [0.25, 0.3) is 0 Å². The Bertz CT molecular complexity index is 244. The van der Waals surface area contributed by atoms with Gasteiger partial charge in [0.1, 0.15) is 0 Å². The highest BCUT2D eigenvalue weighted by Crippen LogP contribution is 2.08. The second-order valence-electron chi connectivity index (χ2n) is 4.11. The van der Waals surface area contributed by atoms with Gasteiger partial charge in [-0.3, -0.25) is 4.98 Å². The minimum Gasteiger partial charge on any atom is -0.309 e. The molecule has 2 nitrogen and oxygen atoms in total. The Labute approximate surface area is 86.8 Å². The van der Waals surface area contributed by atoms with Gasteiger partial charge in [-0.2, -0.15) is 0 Å². The number of hydrogen-bond donors (Lipinski definition) is 1. The summed E-state index contributed by atoms with van der Waals surface area (Å²) in [5.74, 6) is 0.762. The molecule has 2 heteroatoms. The van der Waals surface area contributed by atoms with Gasteiger partial charge in [-0.25, -0.2) is 0 Å². The van der Waals surface area contributed by atoms with Crippen molar-refractivity contribution in [1.82, 2.24) is 10.3 Å². The van der Waals surface area contributed by atoms with E-state index in [-0.39, 0.29) is 0 Å². The number of nitrogens with zero attached hydrogens (tertiary/aromatic N) is 1. The molecular formula is C12H20N2. The summed E-state index contributed by atoms with van der Waals surface area (Å²) < 4.78 is 0. The summed E-state index contributed by atoms with van der Waals surface area (Å²) >= 11 is 0. The average Bonchev–Trinajstić information content (AvgIpc) is 2.18.